The van der Waals surface area contributed by atoms with Crippen molar-refractivity contribution in [3.05, 3.63) is 48.3 Å². The van der Waals surface area contributed by atoms with Crippen LogP contribution in [-0.4, -0.2) is 78.5 Å². The zero-order chi connectivity index (χ0) is 23.9. The number of anilines is 3. The molecule has 0 amide bonds. The van der Waals surface area contributed by atoms with Crippen molar-refractivity contribution in [2.75, 3.05) is 63.8 Å². The molecule has 0 radical (unpaired) electrons. The molecule has 1 aliphatic rings. The summed E-state index contributed by atoms with van der Waals surface area (Å²) in [5, 5.41) is 12.4. The first-order valence-electron chi connectivity index (χ1n) is 11.2. The number of β-amino-alcohol motifs (C(OH)–C–C–N with tert-alkyl or cyclic N) is 1. The quantitative estimate of drug-likeness (QED) is 0.473. The molecule has 1 fully saturated rings. The Bertz CT molecular complexity index is 1090. The van der Waals surface area contributed by atoms with Gasteiger partial charge in [0.25, 0.3) is 0 Å². The molecule has 0 bridgehead atoms. The van der Waals surface area contributed by atoms with E-state index in [1.165, 1.54) is 0 Å². The molecule has 3 aromatic rings. The van der Waals surface area contributed by atoms with Crippen molar-refractivity contribution in [2.24, 2.45) is 0 Å². The number of hydrogen-bond acceptors (Lipinski definition) is 10. The molecule has 0 atom stereocenters. The summed E-state index contributed by atoms with van der Waals surface area (Å²) in [5.41, 5.74) is 0.904. The number of aryl methyl sites for hydroxylation is 1. The van der Waals surface area contributed by atoms with Crippen LogP contribution in [-0.2, 0) is 0 Å². The van der Waals surface area contributed by atoms with Crippen molar-refractivity contribution in [1.29, 1.82) is 0 Å². The third kappa shape index (κ3) is 6.07. The van der Waals surface area contributed by atoms with Gasteiger partial charge >= 0.3 is 0 Å². The zero-order valence-electron chi connectivity index (χ0n) is 19.7. The first-order chi connectivity index (χ1) is 16.6. The number of hydrogen-bond donors (Lipinski definition) is 2. The van der Waals surface area contributed by atoms with E-state index in [0.29, 0.717) is 35.8 Å². The Morgan fingerprint density at radius 3 is 2.29 bits per heavy atom. The van der Waals surface area contributed by atoms with Crippen LogP contribution in [0.15, 0.2) is 52.3 Å². The van der Waals surface area contributed by atoms with Crippen molar-refractivity contribution in [3.8, 4) is 11.5 Å². The smallest absolute Gasteiger partial charge is 0.232 e. The van der Waals surface area contributed by atoms with E-state index >= 15 is 0 Å². The number of piperazine rings is 1. The highest BCUT2D eigenvalue weighted by atomic mass is 32.2. The number of aliphatic hydroxyl groups excluding tert-OH is 1. The van der Waals surface area contributed by atoms with Crippen LogP contribution in [0.1, 0.15) is 5.82 Å². The van der Waals surface area contributed by atoms with Crippen molar-refractivity contribution in [1.82, 2.24) is 19.9 Å². The van der Waals surface area contributed by atoms with Gasteiger partial charge in [-0.1, -0.05) is 11.8 Å². The van der Waals surface area contributed by atoms with Crippen LogP contribution < -0.4 is 19.7 Å². The monoisotopic (exact) mass is 482 g/mol. The highest BCUT2D eigenvalue weighted by molar-refractivity contribution is 7.99. The molecule has 2 aromatic carbocycles. The summed E-state index contributed by atoms with van der Waals surface area (Å²) in [7, 11) is 3.27. The van der Waals surface area contributed by atoms with Gasteiger partial charge in [0.2, 0.25) is 11.9 Å². The third-order valence-corrected chi connectivity index (χ3v) is 6.51. The van der Waals surface area contributed by atoms with E-state index in [1.54, 1.807) is 26.0 Å². The van der Waals surface area contributed by atoms with Crippen molar-refractivity contribution >= 4 is 29.3 Å². The maximum atomic E-state index is 9.14. The molecule has 2 heterocycles. The van der Waals surface area contributed by atoms with Crippen molar-refractivity contribution in [2.45, 2.75) is 16.7 Å². The molecule has 180 valence electrons. The lowest BCUT2D eigenvalue weighted by molar-refractivity contribution is 0.188. The molecule has 2 N–H and O–H groups in total. The van der Waals surface area contributed by atoms with E-state index in [-0.39, 0.29) is 6.61 Å². The summed E-state index contributed by atoms with van der Waals surface area (Å²) < 4.78 is 10.7. The molecular weight excluding hydrogens is 452 g/mol. The molecule has 0 saturated carbocycles. The van der Waals surface area contributed by atoms with Crippen molar-refractivity contribution in [3.63, 3.8) is 0 Å². The Labute approximate surface area is 204 Å². The number of aromatic nitrogens is 3. The molecule has 4 rings (SSSR count). The van der Waals surface area contributed by atoms with Crippen molar-refractivity contribution < 1.29 is 14.6 Å². The second kappa shape index (κ2) is 11.4. The lowest BCUT2D eigenvalue weighted by Gasteiger charge is -2.34. The first kappa shape index (κ1) is 24.1. The number of nitrogens with zero attached hydrogens (tertiary/aromatic N) is 5. The number of methoxy groups -OCH3 is 2. The summed E-state index contributed by atoms with van der Waals surface area (Å²) in [6.07, 6.45) is 0. The number of benzene rings is 2. The van der Waals surface area contributed by atoms with E-state index in [1.807, 2.05) is 37.3 Å². The summed E-state index contributed by atoms with van der Waals surface area (Å²) in [6, 6.07) is 14.0. The molecule has 1 saturated heterocycles. The van der Waals surface area contributed by atoms with Crippen LogP contribution in [0, 0.1) is 6.92 Å². The first-order valence-corrected chi connectivity index (χ1v) is 12.0. The minimum Gasteiger partial charge on any atom is -0.493 e. The lowest BCUT2D eigenvalue weighted by atomic mass is 10.3. The normalized spacial score (nSPS) is 14.2. The maximum absolute atomic E-state index is 9.14. The van der Waals surface area contributed by atoms with Gasteiger partial charge in [0.1, 0.15) is 5.82 Å². The molecule has 0 unspecified atom stereocenters. The Morgan fingerprint density at radius 1 is 0.912 bits per heavy atom. The Kier molecular flexibility index (Phi) is 8.04. The van der Waals surface area contributed by atoms with Gasteiger partial charge in [-0.25, -0.2) is 0 Å². The number of nitrogens with one attached hydrogen (secondary N) is 1. The SMILES string of the molecule is COc1ccc(Sc2ccc(Nc3nc(C)nc(N4CCN(CCO)CC4)n3)cc2)cc1OC. The fraction of sp³-hybridized carbons (Fsp3) is 0.375. The van der Waals surface area contributed by atoms with Crippen LogP contribution in [0.3, 0.4) is 0 Å². The molecule has 1 aromatic heterocycles. The average molecular weight is 483 g/mol. The Hall–Kier alpha value is -3.08. The fourth-order valence-electron chi connectivity index (χ4n) is 3.73. The van der Waals surface area contributed by atoms with E-state index in [0.717, 1.165) is 41.7 Å². The number of ether oxygens (including phenoxy) is 2. The van der Waals surface area contributed by atoms with Crippen LogP contribution in [0.5, 0.6) is 11.5 Å². The largest absolute Gasteiger partial charge is 0.493 e. The number of rotatable bonds is 9. The average Bonchev–Trinajstić information content (AvgIpc) is 2.85. The van der Waals surface area contributed by atoms with Crippen LogP contribution in [0.4, 0.5) is 17.6 Å². The Morgan fingerprint density at radius 2 is 1.62 bits per heavy atom. The summed E-state index contributed by atoms with van der Waals surface area (Å²) in [4.78, 5) is 20.2. The van der Waals surface area contributed by atoms with Crippen LogP contribution in [0.2, 0.25) is 0 Å². The molecule has 9 nitrogen and oxygen atoms in total. The highest BCUT2D eigenvalue weighted by Gasteiger charge is 2.19. The molecule has 34 heavy (non-hydrogen) atoms. The summed E-state index contributed by atoms with van der Waals surface area (Å²) in [6.45, 7) is 6.18. The van der Waals surface area contributed by atoms with Gasteiger partial charge in [-0.15, -0.1) is 0 Å². The molecular formula is C24H30N6O3S. The standard InChI is InChI=1S/C24H30N6O3S/c1-17-25-23(28-24(26-17)30-12-10-29(11-13-30)14-15-31)27-18-4-6-19(7-5-18)34-20-8-9-21(32-2)22(16-20)33-3/h4-9,16,31H,10-15H2,1-3H3,(H,25,26,27,28). The van der Waals surface area contributed by atoms with Crippen LogP contribution >= 0.6 is 11.8 Å². The van der Waals surface area contributed by atoms with E-state index < -0.39 is 0 Å². The van der Waals surface area contributed by atoms with Gasteiger partial charge in [0.05, 0.1) is 20.8 Å². The van der Waals surface area contributed by atoms with Gasteiger partial charge in [0.15, 0.2) is 11.5 Å². The van der Waals surface area contributed by atoms with Crippen LogP contribution in [0.25, 0.3) is 0 Å². The van der Waals surface area contributed by atoms with Gasteiger partial charge in [-0.3, -0.25) is 4.90 Å². The van der Waals surface area contributed by atoms with E-state index in [9.17, 15) is 0 Å². The second-order valence-electron chi connectivity index (χ2n) is 7.83. The third-order valence-electron chi connectivity index (χ3n) is 5.51. The predicted molar refractivity (Wildman–Crippen MR) is 134 cm³/mol. The van der Waals surface area contributed by atoms with E-state index in [2.05, 4.69) is 42.2 Å². The maximum Gasteiger partial charge on any atom is 0.232 e. The minimum absolute atomic E-state index is 0.185. The molecule has 0 spiro atoms. The second-order valence-corrected chi connectivity index (χ2v) is 8.97. The lowest BCUT2D eigenvalue weighted by Crippen LogP contribution is -2.47. The Balaban J connectivity index is 1.40. The van der Waals surface area contributed by atoms with Gasteiger partial charge < -0.3 is 24.8 Å². The van der Waals surface area contributed by atoms with Gasteiger partial charge in [0, 0.05) is 48.2 Å². The van der Waals surface area contributed by atoms with Gasteiger partial charge in [-0.2, -0.15) is 15.0 Å². The highest BCUT2D eigenvalue weighted by Crippen LogP contribution is 2.35. The topological polar surface area (TPSA) is 95.9 Å². The zero-order valence-corrected chi connectivity index (χ0v) is 20.5. The molecule has 10 heteroatoms. The van der Waals surface area contributed by atoms with Gasteiger partial charge in [-0.05, 0) is 49.4 Å². The summed E-state index contributed by atoms with van der Waals surface area (Å²) >= 11 is 1.65. The minimum atomic E-state index is 0.185. The number of aliphatic hydroxyl groups is 1. The van der Waals surface area contributed by atoms with E-state index in [4.69, 9.17) is 14.6 Å². The summed E-state index contributed by atoms with van der Waals surface area (Å²) in [5.74, 6) is 3.30. The fourth-order valence-corrected chi connectivity index (χ4v) is 4.58. The molecule has 0 aliphatic carbocycles. The molecule has 1 aliphatic heterocycles. The predicted octanol–water partition coefficient (Wildman–Crippen LogP) is 3.21.